The number of ether oxygens (including phenoxy) is 2. The molecule has 34 heavy (non-hydrogen) atoms. The van der Waals surface area contributed by atoms with Crippen LogP contribution >= 0.6 is 23.6 Å². The number of hydrogen-bond donors (Lipinski definition) is 2. The molecule has 0 spiro atoms. The van der Waals surface area contributed by atoms with E-state index in [0.29, 0.717) is 23.1 Å². The molecule has 1 aliphatic carbocycles. The van der Waals surface area contributed by atoms with Gasteiger partial charge in [-0.15, -0.1) is 11.3 Å². The summed E-state index contributed by atoms with van der Waals surface area (Å²) in [5.41, 5.74) is 5.47. The Labute approximate surface area is 209 Å². The highest BCUT2D eigenvalue weighted by atomic mass is 32.1. The number of methoxy groups -OCH3 is 2. The third-order valence-corrected chi connectivity index (χ3v) is 7.59. The van der Waals surface area contributed by atoms with Crippen LogP contribution in [0.15, 0.2) is 24.3 Å². The minimum absolute atomic E-state index is 0.323. The summed E-state index contributed by atoms with van der Waals surface area (Å²) in [5.74, 6) is 1.10. The van der Waals surface area contributed by atoms with Gasteiger partial charge in [-0.1, -0.05) is 19.1 Å². The van der Waals surface area contributed by atoms with E-state index in [1.165, 1.54) is 12.0 Å². The first kappa shape index (κ1) is 24.2. The topological polar surface area (TPSA) is 77.4 Å². The predicted octanol–water partition coefficient (Wildman–Crippen LogP) is 5.34. The number of anilines is 2. The molecule has 1 aromatic carbocycles. The van der Waals surface area contributed by atoms with Crippen LogP contribution in [0.3, 0.4) is 0 Å². The van der Waals surface area contributed by atoms with E-state index in [2.05, 4.69) is 17.6 Å². The summed E-state index contributed by atoms with van der Waals surface area (Å²) in [4.78, 5) is 13.8. The Morgan fingerprint density at radius 2 is 2.09 bits per heavy atom. The summed E-state index contributed by atoms with van der Waals surface area (Å²) >= 11 is 7.23. The van der Waals surface area contributed by atoms with Gasteiger partial charge in [-0.05, 0) is 74.5 Å². The maximum absolute atomic E-state index is 12.6. The number of aromatic nitrogens is 2. The first-order chi connectivity index (χ1) is 16.3. The van der Waals surface area contributed by atoms with Crippen molar-refractivity contribution >= 4 is 45.3 Å². The van der Waals surface area contributed by atoms with Crippen molar-refractivity contribution in [1.29, 1.82) is 0 Å². The highest BCUT2D eigenvalue weighted by Crippen LogP contribution is 2.40. The summed E-state index contributed by atoms with van der Waals surface area (Å²) in [6.07, 6.45) is 2.93. The van der Waals surface area contributed by atoms with Crippen molar-refractivity contribution in [2.45, 2.75) is 46.6 Å². The molecule has 4 rings (SSSR count). The average molecular weight is 499 g/mol. The third kappa shape index (κ3) is 4.95. The van der Waals surface area contributed by atoms with E-state index in [-0.39, 0.29) is 5.97 Å². The van der Waals surface area contributed by atoms with E-state index in [0.717, 1.165) is 58.2 Å². The van der Waals surface area contributed by atoms with Crippen LogP contribution in [0.5, 0.6) is 5.75 Å². The minimum atomic E-state index is -0.323. The standard InChI is InChI=1S/C25H30N4O3S2/c1-14-9-10-19-20(11-14)34-23(21(19)24(30)32-5)27-25(33)26-22-15(2)28-29(16(22)3)13-17-7-6-8-18(12-17)31-4/h6-8,12,14H,9-11,13H2,1-5H3,(H2,26,27,33). The zero-order chi connectivity index (χ0) is 24.4. The molecule has 0 saturated heterocycles. The number of benzene rings is 1. The molecule has 180 valence electrons. The number of carbonyl (C=O) groups is 1. The Hall–Kier alpha value is -2.91. The highest BCUT2D eigenvalue weighted by Gasteiger charge is 2.28. The second-order valence-corrected chi connectivity index (χ2v) is 10.2. The molecule has 0 bridgehead atoms. The van der Waals surface area contributed by atoms with Gasteiger partial charge >= 0.3 is 5.97 Å². The van der Waals surface area contributed by atoms with Crippen LogP contribution in [0.25, 0.3) is 0 Å². The summed E-state index contributed by atoms with van der Waals surface area (Å²) in [6, 6.07) is 7.95. The Kier molecular flexibility index (Phi) is 7.23. The van der Waals surface area contributed by atoms with E-state index in [1.807, 2.05) is 42.8 Å². The molecule has 1 unspecified atom stereocenters. The molecule has 2 aromatic heterocycles. The molecule has 2 N–H and O–H groups in total. The van der Waals surface area contributed by atoms with Crippen molar-refractivity contribution in [3.63, 3.8) is 0 Å². The van der Waals surface area contributed by atoms with Crippen LogP contribution in [-0.2, 0) is 24.1 Å². The lowest BCUT2D eigenvalue weighted by molar-refractivity contribution is 0.0601. The molecule has 3 aromatic rings. The number of rotatable bonds is 6. The van der Waals surface area contributed by atoms with Crippen molar-refractivity contribution in [2.75, 3.05) is 24.9 Å². The van der Waals surface area contributed by atoms with E-state index < -0.39 is 0 Å². The Morgan fingerprint density at radius 3 is 2.82 bits per heavy atom. The number of hydrogen-bond acceptors (Lipinski definition) is 6. The van der Waals surface area contributed by atoms with Crippen LogP contribution in [0.1, 0.15) is 51.1 Å². The smallest absolute Gasteiger partial charge is 0.341 e. The molecule has 1 aliphatic rings. The van der Waals surface area contributed by atoms with Crippen LogP contribution in [0, 0.1) is 19.8 Å². The fraction of sp³-hybridized carbons (Fsp3) is 0.400. The van der Waals surface area contributed by atoms with Crippen LogP contribution < -0.4 is 15.4 Å². The first-order valence-corrected chi connectivity index (χ1v) is 12.5. The molecule has 0 fully saturated rings. The molecule has 0 aliphatic heterocycles. The second kappa shape index (κ2) is 10.1. The van der Waals surface area contributed by atoms with Crippen LogP contribution in [-0.4, -0.2) is 35.1 Å². The second-order valence-electron chi connectivity index (χ2n) is 8.68. The zero-order valence-electron chi connectivity index (χ0n) is 20.2. The Balaban J connectivity index is 1.53. The Morgan fingerprint density at radius 1 is 1.29 bits per heavy atom. The SMILES string of the molecule is COC(=O)c1c(NC(=S)Nc2c(C)nn(Cc3cccc(OC)c3)c2C)sc2c1CCC(C)C2. The molecule has 0 saturated carbocycles. The molecule has 9 heteroatoms. The van der Waals surface area contributed by atoms with Crippen molar-refractivity contribution < 1.29 is 14.3 Å². The van der Waals surface area contributed by atoms with Gasteiger partial charge in [0.1, 0.15) is 10.8 Å². The Bertz CT molecular complexity index is 1230. The highest BCUT2D eigenvalue weighted by molar-refractivity contribution is 7.80. The predicted molar refractivity (Wildman–Crippen MR) is 140 cm³/mol. The van der Waals surface area contributed by atoms with Gasteiger partial charge in [0, 0.05) is 4.88 Å². The lowest BCUT2D eigenvalue weighted by Gasteiger charge is -2.18. The van der Waals surface area contributed by atoms with Gasteiger partial charge in [0.15, 0.2) is 5.11 Å². The number of carbonyl (C=O) groups excluding carboxylic acids is 1. The van der Waals surface area contributed by atoms with Gasteiger partial charge in [-0.3, -0.25) is 4.68 Å². The van der Waals surface area contributed by atoms with Gasteiger partial charge < -0.3 is 20.1 Å². The van der Waals surface area contributed by atoms with Crippen molar-refractivity contribution in [1.82, 2.24) is 9.78 Å². The maximum atomic E-state index is 12.6. The van der Waals surface area contributed by atoms with E-state index in [1.54, 1.807) is 18.4 Å². The van der Waals surface area contributed by atoms with Gasteiger partial charge in [-0.25, -0.2) is 4.79 Å². The lowest BCUT2D eigenvalue weighted by atomic mass is 9.88. The number of nitrogens with one attached hydrogen (secondary N) is 2. The number of thiophene rings is 1. The molecule has 0 amide bonds. The fourth-order valence-electron chi connectivity index (χ4n) is 4.38. The largest absolute Gasteiger partial charge is 0.497 e. The molecule has 0 radical (unpaired) electrons. The molecule has 7 nitrogen and oxygen atoms in total. The summed E-state index contributed by atoms with van der Waals surface area (Å²) in [6.45, 7) is 6.82. The monoisotopic (exact) mass is 498 g/mol. The number of esters is 1. The fourth-order valence-corrected chi connectivity index (χ4v) is 6.05. The number of nitrogens with zero attached hydrogens (tertiary/aromatic N) is 2. The quantitative estimate of drug-likeness (QED) is 0.351. The number of fused-ring (bicyclic) bond motifs is 1. The van der Waals surface area contributed by atoms with Gasteiger partial charge in [0.25, 0.3) is 0 Å². The van der Waals surface area contributed by atoms with Gasteiger partial charge in [-0.2, -0.15) is 5.10 Å². The van der Waals surface area contributed by atoms with Crippen molar-refractivity contribution in [3.05, 3.63) is 57.2 Å². The average Bonchev–Trinajstić information content (AvgIpc) is 3.29. The molecule has 1 atom stereocenters. The minimum Gasteiger partial charge on any atom is -0.497 e. The first-order valence-electron chi connectivity index (χ1n) is 11.3. The zero-order valence-corrected chi connectivity index (χ0v) is 21.8. The van der Waals surface area contributed by atoms with E-state index >= 15 is 0 Å². The number of thiocarbonyl (C=S) groups is 1. The summed E-state index contributed by atoms with van der Waals surface area (Å²) in [5, 5.41) is 12.4. The molecular weight excluding hydrogens is 468 g/mol. The van der Waals surface area contributed by atoms with Gasteiger partial charge in [0.2, 0.25) is 0 Å². The van der Waals surface area contributed by atoms with E-state index in [4.69, 9.17) is 26.8 Å². The molecular formula is C25H30N4O3S2. The normalized spacial score (nSPS) is 14.9. The summed E-state index contributed by atoms with van der Waals surface area (Å²) < 4.78 is 12.4. The maximum Gasteiger partial charge on any atom is 0.341 e. The van der Waals surface area contributed by atoms with Crippen LogP contribution in [0.4, 0.5) is 10.7 Å². The molecule has 2 heterocycles. The van der Waals surface area contributed by atoms with E-state index in [9.17, 15) is 4.79 Å². The van der Waals surface area contributed by atoms with Crippen LogP contribution in [0.2, 0.25) is 0 Å². The van der Waals surface area contributed by atoms with Crippen molar-refractivity contribution in [2.24, 2.45) is 5.92 Å². The number of aryl methyl sites for hydroxylation is 1. The summed E-state index contributed by atoms with van der Waals surface area (Å²) in [7, 11) is 3.08. The van der Waals surface area contributed by atoms with Crippen molar-refractivity contribution in [3.8, 4) is 5.75 Å². The third-order valence-electron chi connectivity index (χ3n) is 6.21. The van der Waals surface area contributed by atoms with Gasteiger partial charge in [0.05, 0.1) is 43.4 Å². The lowest BCUT2D eigenvalue weighted by Crippen LogP contribution is -2.21.